The van der Waals surface area contributed by atoms with Gasteiger partial charge in [0.15, 0.2) is 0 Å². The fraction of sp³-hybridized carbons (Fsp3) is 0.350. The summed E-state index contributed by atoms with van der Waals surface area (Å²) in [5, 5.41) is 4.00. The van der Waals surface area contributed by atoms with Crippen molar-refractivity contribution in [2.45, 2.75) is 25.8 Å². The van der Waals surface area contributed by atoms with Gasteiger partial charge in [0.1, 0.15) is 11.7 Å². The molecule has 0 unspecified atom stereocenters. The lowest BCUT2D eigenvalue weighted by atomic mass is 9.71. The summed E-state index contributed by atoms with van der Waals surface area (Å²) in [6, 6.07) is 13.0. The van der Waals surface area contributed by atoms with Gasteiger partial charge in [0.2, 0.25) is 0 Å². The number of halogens is 2. The summed E-state index contributed by atoms with van der Waals surface area (Å²) in [6.45, 7) is 1.94. The highest BCUT2D eigenvalue weighted by Crippen LogP contribution is 2.42. The van der Waals surface area contributed by atoms with E-state index < -0.39 is 0 Å². The van der Waals surface area contributed by atoms with Crippen molar-refractivity contribution >= 4 is 23.1 Å². The molecule has 1 N–H and O–H groups in total. The van der Waals surface area contributed by atoms with Gasteiger partial charge < -0.3 is 10.1 Å². The Labute approximate surface area is 151 Å². The summed E-state index contributed by atoms with van der Waals surface area (Å²) in [6.07, 6.45) is 2.58. The molecule has 3 nitrogen and oxygen atoms in total. The SMILES string of the molecule is Fc1cccc2c1NC(=NCc1cccc(Cl)c1)C1(CCOCC1)C2. The van der Waals surface area contributed by atoms with E-state index in [0.717, 1.165) is 36.2 Å². The van der Waals surface area contributed by atoms with E-state index in [9.17, 15) is 4.39 Å². The molecule has 130 valence electrons. The van der Waals surface area contributed by atoms with Crippen LogP contribution >= 0.6 is 11.6 Å². The molecule has 1 fully saturated rings. The molecule has 0 radical (unpaired) electrons. The van der Waals surface area contributed by atoms with E-state index in [1.165, 1.54) is 6.07 Å². The number of ether oxygens (including phenoxy) is 1. The van der Waals surface area contributed by atoms with Gasteiger partial charge in [-0.2, -0.15) is 0 Å². The molecule has 5 heteroatoms. The zero-order valence-corrected chi connectivity index (χ0v) is 14.7. The summed E-state index contributed by atoms with van der Waals surface area (Å²) in [5.41, 5.74) is 2.52. The highest BCUT2D eigenvalue weighted by Gasteiger charge is 2.42. The number of fused-ring (bicyclic) bond motifs is 1. The van der Waals surface area contributed by atoms with Crippen molar-refractivity contribution in [2.24, 2.45) is 10.4 Å². The van der Waals surface area contributed by atoms with Crippen LogP contribution in [0, 0.1) is 11.2 Å². The Morgan fingerprint density at radius 3 is 2.76 bits per heavy atom. The second-order valence-corrected chi connectivity index (χ2v) is 7.20. The summed E-state index contributed by atoms with van der Waals surface area (Å²) in [4.78, 5) is 4.84. The molecule has 1 saturated heterocycles. The fourth-order valence-corrected chi connectivity index (χ4v) is 3.96. The van der Waals surface area contributed by atoms with Gasteiger partial charge in [-0.15, -0.1) is 0 Å². The molecule has 2 aliphatic heterocycles. The number of para-hydroxylation sites is 1. The van der Waals surface area contributed by atoms with Crippen LogP contribution in [0.4, 0.5) is 10.1 Å². The van der Waals surface area contributed by atoms with E-state index in [1.54, 1.807) is 6.07 Å². The Bertz CT molecular complexity index is 815. The number of aliphatic imine (C=N–C) groups is 1. The third-order valence-corrected chi connectivity index (χ3v) is 5.37. The monoisotopic (exact) mass is 358 g/mol. The number of hydrogen-bond donors (Lipinski definition) is 1. The maximum Gasteiger partial charge on any atom is 0.146 e. The van der Waals surface area contributed by atoms with Crippen LogP contribution in [0.3, 0.4) is 0 Å². The zero-order valence-electron chi connectivity index (χ0n) is 13.9. The van der Waals surface area contributed by atoms with Gasteiger partial charge in [0.05, 0.1) is 12.2 Å². The molecule has 0 bridgehead atoms. The maximum absolute atomic E-state index is 14.3. The van der Waals surface area contributed by atoms with Crippen LogP contribution in [-0.4, -0.2) is 19.0 Å². The van der Waals surface area contributed by atoms with E-state index in [1.807, 2.05) is 30.3 Å². The predicted octanol–water partition coefficient (Wildman–Crippen LogP) is 4.84. The molecule has 4 rings (SSSR count). The van der Waals surface area contributed by atoms with Crippen molar-refractivity contribution in [3.63, 3.8) is 0 Å². The van der Waals surface area contributed by atoms with Crippen LogP contribution in [0.5, 0.6) is 0 Å². The molecule has 2 aliphatic rings. The Morgan fingerprint density at radius 1 is 1.16 bits per heavy atom. The van der Waals surface area contributed by atoms with Gasteiger partial charge in [0, 0.05) is 23.7 Å². The van der Waals surface area contributed by atoms with Crippen molar-refractivity contribution < 1.29 is 9.13 Å². The minimum absolute atomic E-state index is 0.0996. The first kappa shape index (κ1) is 16.6. The molecular weight excluding hydrogens is 339 g/mol. The second kappa shape index (κ2) is 6.77. The lowest BCUT2D eigenvalue weighted by molar-refractivity contribution is 0.0448. The number of nitrogens with zero attached hydrogens (tertiary/aromatic N) is 1. The average molecular weight is 359 g/mol. The average Bonchev–Trinajstić information content (AvgIpc) is 2.61. The van der Waals surface area contributed by atoms with E-state index in [-0.39, 0.29) is 11.2 Å². The summed E-state index contributed by atoms with van der Waals surface area (Å²) < 4.78 is 19.8. The predicted molar refractivity (Wildman–Crippen MR) is 98.8 cm³/mol. The topological polar surface area (TPSA) is 33.6 Å². The maximum atomic E-state index is 14.3. The van der Waals surface area contributed by atoms with Crippen LogP contribution in [0.2, 0.25) is 5.02 Å². The van der Waals surface area contributed by atoms with Crippen molar-refractivity contribution in [3.05, 3.63) is 64.4 Å². The first-order valence-electron chi connectivity index (χ1n) is 8.58. The molecular formula is C20H20ClFN2O. The smallest absolute Gasteiger partial charge is 0.146 e. The minimum atomic E-state index is -0.227. The van der Waals surface area contributed by atoms with Crippen LogP contribution in [0.15, 0.2) is 47.5 Å². The summed E-state index contributed by atoms with van der Waals surface area (Å²) in [5.74, 6) is 0.642. The Morgan fingerprint density at radius 2 is 1.96 bits per heavy atom. The molecule has 0 saturated carbocycles. The quantitative estimate of drug-likeness (QED) is 0.833. The molecule has 0 amide bonds. The number of rotatable bonds is 2. The van der Waals surface area contributed by atoms with Gasteiger partial charge in [-0.3, -0.25) is 4.99 Å². The van der Waals surface area contributed by atoms with Gasteiger partial charge in [-0.1, -0.05) is 35.9 Å². The van der Waals surface area contributed by atoms with Crippen LogP contribution in [0.1, 0.15) is 24.0 Å². The van der Waals surface area contributed by atoms with Gasteiger partial charge >= 0.3 is 0 Å². The summed E-state index contributed by atoms with van der Waals surface area (Å²) in [7, 11) is 0. The molecule has 0 aromatic heterocycles. The zero-order chi connectivity index (χ0) is 17.3. The van der Waals surface area contributed by atoms with Crippen molar-refractivity contribution in [3.8, 4) is 0 Å². The van der Waals surface area contributed by atoms with Crippen molar-refractivity contribution in [1.29, 1.82) is 0 Å². The highest BCUT2D eigenvalue weighted by atomic mass is 35.5. The minimum Gasteiger partial charge on any atom is -0.381 e. The number of nitrogens with one attached hydrogen (secondary N) is 1. The van der Waals surface area contributed by atoms with Gasteiger partial charge in [-0.25, -0.2) is 4.39 Å². The Balaban J connectivity index is 1.69. The number of anilines is 1. The van der Waals surface area contributed by atoms with E-state index in [0.29, 0.717) is 30.5 Å². The van der Waals surface area contributed by atoms with E-state index in [4.69, 9.17) is 21.3 Å². The van der Waals surface area contributed by atoms with Crippen LogP contribution < -0.4 is 5.32 Å². The lowest BCUT2D eigenvalue weighted by Gasteiger charge is -2.42. The van der Waals surface area contributed by atoms with Gasteiger partial charge in [0.25, 0.3) is 0 Å². The molecule has 0 aliphatic carbocycles. The molecule has 2 aromatic rings. The number of hydrogen-bond acceptors (Lipinski definition) is 2. The fourth-order valence-electron chi connectivity index (χ4n) is 3.74. The molecule has 0 atom stereocenters. The van der Waals surface area contributed by atoms with Crippen molar-refractivity contribution in [1.82, 2.24) is 0 Å². The summed E-state index contributed by atoms with van der Waals surface area (Å²) >= 11 is 6.07. The third kappa shape index (κ3) is 3.29. The molecule has 1 spiro atoms. The van der Waals surface area contributed by atoms with Crippen molar-refractivity contribution in [2.75, 3.05) is 18.5 Å². The second-order valence-electron chi connectivity index (χ2n) is 6.76. The number of amidine groups is 1. The largest absolute Gasteiger partial charge is 0.381 e. The van der Waals surface area contributed by atoms with E-state index >= 15 is 0 Å². The lowest BCUT2D eigenvalue weighted by Crippen LogP contribution is -2.46. The molecule has 2 aromatic carbocycles. The number of benzene rings is 2. The Kier molecular flexibility index (Phi) is 4.48. The molecule has 25 heavy (non-hydrogen) atoms. The van der Waals surface area contributed by atoms with Crippen LogP contribution in [0.25, 0.3) is 0 Å². The Hall–Kier alpha value is -1.91. The van der Waals surface area contributed by atoms with Gasteiger partial charge in [-0.05, 0) is 48.6 Å². The first-order valence-corrected chi connectivity index (χ1v) is 8.96. The normalized spacial score (nSPS) is 20.3. The molecule has 2 heterocycles. The highest BCUT2D eigenvalue weighted by molar-refractivity contribution is 6.30. The standard InChI is InChI=1S/C20H20ClFN2O/c21-16-5-1-3-14(11-16)13-23-19-20(7-9-25-10-8-20)12-15-4-2-6-17(22)18(15)24-19/h1-6,11H,7-10,12-13H2,(H,23,24). The van der Waals surface area contributed by atoms with E-state index in [2.05, 4.69) is 5.32 Å². The first-order chi connectivity index (χ1) is 12.2. The van der Waals surface area contributed by atoms with Crippen LogP contribution in [-0.2, 0) is 17.7 Å². The third-order valence-electron chi connectivity index (χ3n) is 5.13.